The fraction of sp³-hybridized carbons (Fsp3) is 0.652. The maximum Gasteiger partial charge on any atom is 0.321 e. The highest BCUT2D eigenvalue weighted by Crippen LogP contribution is 2.45. The maximum absolute atomic E-state index is 13.2. The minimum atomic E-state index is -0.0906. The van der Waals surface area contributed by atoms with Crippen molar-refractivity contribution in [3.05, 3.63) is 29.8 Å². The molecule has 4 rings (SSSR count). The number of thioether (sulfide) groups is 1. The third kappa shape index (κ3) is 4.27. The molecular formula is C23H33N3O2S. The number of urea groups is 1. The van der Waals surface area contributed by atoms with Crippen molar-refractivity contribution in [1.82, 2.24) is 9.80 Å². The van der Waals surface area contributed by atoms with Crippen molar-refractivity contribution in [2.24, 2.45) is 5.92 Å². The largest absolute Gasteiger partial charge is 0.327 e. The highest BCUT2D eigenvalue weighted by atomic mass is 32.2. The molecule has 0 aromatic heterocycles. The predicted octanol–water partition coefficient (Wildman–Crippen LogP) is 4.73. The van der Waals surface area contributed by atoms with Gasteiger partial charge in [0.25, 0.3) is 0 Å². The molecule has 1 N–H and O–H groups in total. The Morgan fingerprint density at radius 3 is 2.55 bits per heavy atom. The molecule has 6 heteroatoms. The Kier molecular flexibility index (Phi) is 6.38. The highest BCUT2D eigenvalue weighted by molar-refractivity contribution is 8.00. The molecule has 158 valence electrons. The van der Waals surface area contributed by atoms with E-state index in [1.807, 2.05) is 34.9 Å². The Morgan fingerprint density at radius 2 is 1.83 bits per heavy atom. The number of piperidine rings is 1. The van der Waals surface area contributed by atoms with Crippen LogP contribution in [0.15, 0.2) is 24.3 Å². The number of carbonyl (C=O) groups excluding carboxylic acids is 2. The standard InChI is InChI=1S/C23H33N3O2S/c1-2-18-8-6-7-11-20(18)24-22(28)25-14-12-23(13-15-25)26(16-17-29-23)21(27)19-9-4-3-5-10-19/h6-8,11,19H,2-5,9-10,12-17H2,1H3,(H,24,28). The Labute approximate surface area is 178 Å². The van der Waals surface area contributed by atoms with E-state index in [0.717, 1.165) is 55.7 Å². The van der Waals surface area contributed by atoms with Gasteiger partial charge in [0.1, 0.15) is 0 Å². The molecule has 1 aliphatic carbocycles. The number of amides is 3. The van der Waals surface area contributed by atoms with Crippen LogP contribution in [0.2, 0.25) is 0 Å². The molecule has 2 aliphatic heterocycles. The van der Waals surface area contributed by atoms with Crippen molar-refractivity contribution in [2.75, 3.05) is 30.7 Å². The third-order valence-electron chi connectivity index (χ3n) is 6.87. The summed E-state index contributed by atoms with van der Waals surface area (Å²) in [5, 5.41) is 3.10. The first-order chi connectivity index (χ1) is 14.1. The minimum Gasteiger partial charge on any atom is -0.327 e. The summed E-state index contributed by atoms with van der Waals surface area (Å²) in [4.78, 5) is 30.1. The van der Waals surface area contributed by atoms with Gasteiger partial charge in [-0.15, -0.1) is 11.8 Å². The summed E-state index contributed by atoms with van der Waals surface area (Å²) in [6.07, 6.45) is 8.42. The normalized spacial score (nSPS) is 22.1. The second kappa shape index (κ2) is 8.99. The summed E-state index contributed by atoms with van der Waals surface area (Å²) in [5.41, 5.74) is 2.06. The number of para-hydroxylation sites is 1. The van der Waals surface area contributed by atoms with Crippen molar-refractivity contribution in [3.63, 3.8) is 0 Å². The van der Waals surface area contributed by atoms with Crippen LogP contribution in [0.25, 0.3) is 0 Å². The van der Waals surface area contributed by atoms with Crippen LogP contribution in [0.4, 0.5) is 10.5 Å². The Morgan fingerprint density at radius 1 is 1.10 bits per heavy atom. The van der Waals surface area contributed by atoms with Crippen LogP contribution in [0.3, 0.4) is 0 Å². The number of carbonyl (C=O) groups is 2. The number of likely N-dealkylation sites (tertiary alicyclic amines) is 1. The summed E-state index contributed by atoms with van der Waals surface area (Å²) in [5.74, 6) is 1.63. The van der Waals surface area contributed by atoms with Gasteiger partial charge in [-0.25, -0.2) is 4.79 Å². The van der Waals surface area contributed by atoms with Gasteiger partial charge in [-0.2, -0.15) is 0 Å². The minimum absolute atomic E-state index is 0.0195. The molecule has 0 bridgehead atoms. The Hall–Kier alpha value is -1.69. The zero-order valence-corrected chi connectivity index (χ0v) is 18.3. The van der Waals surface area contributed by atoms with Crippen LogP contribution in [-0.2, 0) is 11.2 Å². The molecule has 1 saturated carbocycles. The molecule has 2 heterocycles. The molecule has 1 aromatic carbocycles. The first-order valence-corrected chi connectivity index (χ1v) is 12.2. The van der Waals surface area contributed by atoms with Crippen LogP contribution in [0.5, 0.6) is 0 Å². The third-order valence-corrected chi connectivity index (χ3v) is 8.42. The van der Waals surface area contributed by atoms with E-state index in [9.17, 15) is 9.59 Å². The van der Waals surface area contributed by atoms with Crippen molar-refractivity contribution in [3.8, 4) is 0 Å². The predicted molar refractivity (Wildman–Crippen MR) is 119 cm³/mol. The van der Waals surface area contributed by atoms with Gasteiger partial charge in [-0.3, -0.25) is 4.79 Å². The fourth-order valence-corrected chi connectivity index (χ4v) is 6.57. The number of rotatable bonds is 3. The molecular weight excluding hydrogens is 382 g/mol. The SMILES string of the molecule is CCc1ccccc1NC(=O)N1CCC2(CC1)SCCN2C(=O)C1CCCCC1. The number of benzene rings is 1. The van der Waals surface area contributed by atoms with Gasteiger partial charge in [0, 0.05) is 37.0 Å². The smallest absolute Gasteiger partial charge is 0.321 e. The molecule has 0 atom stereocenters. The lowest BCUT2D eigenvalue weighted by Crippen LogP contribution is -2.55. The van der Waals surface area contributed by atoms with Gasteiger partial charge in [0.2, 0.25) is 5.91 Å². The summed E-state index contributed by atoms with van der Waals surface area (Å²) < 4.78 is 0. The number of hydrogen-bond acceptors (Lipinski definition) is 3. The number of anilines is 1. The van der Waals surface area contributed by atoms with Crippen molar-refractivity contribution >= 4 is 29.4 Å². The monoisotopic (exact) mass is 415 g/mol. The first kappa shape index (κ1) is 20.6. The zero-order valence-electron chi connectivity index (χ0n) is 17.5. The van der Waals surface area contributed by atoms with E-state index >= 15 is 0 Å². The van der Waals surface area contributed by atoms with E-state index in [1.54, 1.807) is 0 Å². The van der Waals surface area contributed by atoms with Crippen LogP contribution in [-0.4, -0.2) is 52.0 Å². The zero-order chi connectivity index (χ0) is 20.3. The molecule has 2 saturated heterocycles. The summed E-state index contributed by atoms with van der Waals surface area (Å²) in [6.45, 7) is 4.39. The molecule has 0 unspecified atom stereocenters. The topological polar surface area (TPSA) is 52.7 Å². The molecule has 3 amide bonds. The van der Waals surface area contributed by atoms with Gasteiger partial charge in [-0.1, -0.05) is 44.4 Å². The number of nitrogens with zero attached hydrogens (tertiary/aromatic N) is 2. The van der Waals surface area contributed by atoms with Crippen LogP contribution in [0.1, 0.15) is 57.4 Å². The average Bonchev–Trinajstić information content (AvgIpc) is 3.17. The van der Waals surface area contributed by atoms with E-state index in [0.29, 0.717) is 19.0 Å². The summed E-state index contributed by atoms with van der Waals surface area (Å²) in [7, 11) is 0. The molecule has 5 nitrogen and oxygen atoms in total. The van der Waals surface area contributed by atoms with E-state index in [-0.39, 0.29) is 16.8 Å². The molecule has 3 aliphatic rings. The molecule has 3 fully saturated rings. The molecule has 0 radical (unpaired) electrons. The van der Waals surface area contributed by atoms with E-state index < -0.39 is 0 Å². The maximum atomic E-state index is 13.2. The van der Waals surface area contributed by atoms with Gasteiger partial charge < -0.3 is 15.1 Å². The van der Waals surface area contributed by atoms with Crippen molar-refractivity contribution in [1.29, 1.82) is 0 Å². The Bertz CT molecular complexity index is 739. The highest BCUT2D eigenvalue weighted by Gasteiger charge is 2.48. The fourth-order valence-electron chi connectivity index (χ4n) is 5.11. The summed E-state index contributed by atoms with van der Waals surface area (Å²) in [6, 6.07) is 7.98. The lowest BCUT2D eigenvalue weighted by Gasteiger charge is -2.45. The van der Waals surface area contributed by atoms with E-state index in [1.165, 1.54) is 19.3 Å². The van der Waals surface area contributed by atoms with E-state index in [2.05, 4.69) is 23.2 Å². The quantitative estimate of drug-likeness (QED) is 0.776. The van der Waals surface area contributed by atoms with Crippen LogP contribution in [0, 0.1) is 5.92 Å². The molecule has 1 spiro atoms. The first-order valence-electron chi connectivity index (χ1n) is 11.2. The second-order valence-corrected chi connectivity index (χ2v) is 10.0. The lowest BCUT2D eigenvalue weighted by molar-refractivity contribution is -0.140. The number of hydrogen-bond donors (Lipinski definition) is 1. The number of aryl methyl sites for hydroxylation is 1. The molecule has 29 heavy (non-hydrogen) atoms. The van der Waals surface area contributed by atoms with Gasteiger partial charge in [0.15, 0.2) is 0 Å². The van der Waals surface area contributed by atoms with Gasteiger partial charge in [-0.05, 0) is 43.7 Å². The second-order valence-electron chi connectivity index (χ2n) is 8.55. The van der Waals surface area contributed by atoms with Crippen molar-refractivity contribution in [2.45, 2.75) is 63.2 Å². The lowest BCUT2D eigenvalue weighted by atomic mass is 9.87. The summed E-state index contributed by atoms with van der Waals surface area (Å²) >= 11 is 1.94. The Balaban J connectivity index is 1.37. The van der Waals surface area contributed by atoms with Crippen LogP contribution >= 0.6 is 11.8 Å². The molecule has 1 aromatic rings. The van der Waals surface area contributed by atoms with Crippen LogP contribution < -0.4 is 5.32 Å². The van der Waals surface area contributed by atoms with Crippen molar-refractivity contribution < 1.29 is 9.59 Å². The van der Waals surface area contributed by atoms with Gasteiger partial charge in [0.05, 0.1) is 4.87 Å². The van der Waals surface area contributed by atoms with E-state index in [4.69, 9.17) is 0 Å². The average molecular weight is 416 g/mol. The van der Waals surface area contributed by atoms with Gasteiger partial charge >= 0.3 is 6.03 Å². The number of nitrogens with one attached hydrogen (secondary N) is 1.